The molecular weight excluding hydrogens is 576 g/mol. The average Bonchev–Trinajstić information content (AvgIpc) is 3.27. The van der Waals surface area contributed by atoms with Gasteiger partial charge in [0.05, 0.1) is 23.2 Å². The summed E-state index contributed by atoms with van der Waals surface area (Å²) in [7, 11) is 0. The first-order chi connectivity index (χ1) is 16.8. The predicted octanol–water partition coefficient (Wildman–Crippen LogP) is 4.68. The first-order valence-electron chi connectivity index (χ1n) is 10.7. The molecule has 3 atom stereocenters. The van der Waals surface area contributed by atoms with E-state index in [0.29, 0.717) is 20.6 Å². The van der Waals surface area contributed by atoms with Crippen molar-refractivity contribution in [1.82, 2.24) is 4.57 Å². The van der Waals surface area contributed by atoms with E-state index in [4.69, 9.17) is 16.3 Å². The van der Waals surface area contributed by atoms with Crippen molar-refractivity contribution in [1.29, 1.82) is 0 Å². The fourth-order valence-corrected chi connectivity index (χ4v) is 7.63. The lowest BCUT2D eigenvalue weighted by Crippen LogP contribution is -2.32. The molecule has 0 radical (unpaired) electrons. The highest BCUT2D eigenvalue weighted by molar-refractivity contribution is 9.10. The first-order valence-corrected chi connectivity index (χ1v) is 13.6. The van der Waals surface area contributed by atoms with Gasteiger partial charge in [0.15, 0.2) is 0 Å². The number of amides is 2. The number of hydrogen-bond acceptors (Lipinski definition) is 7. The molecule has 0 bridgehead atoms. The van der Waals surface area contributed by atoms with Crippen molar-refractivity contribution in [2.24, 2.45) is 5.92 Å². The Morgan fingerprint density at radius 3 is 2.40 bits per heavy atom. The minimum Gasteiger partial charge on any atom is -0.465 e. The molecule has 0 spiro atoms. The fraction of sp³-hybridized carbons (Fsp3) is 0.250. The molecule has 2 aliphatic rings. The smallest absolute Gasteiger partial charge is 0.326 e. The van der Waals surface area contributed by atoms with Crippen molar-refractivity contribution < 1.29 is 19.1 Å². The third kappa shape index (κ3) is 4.26. The van der Waals surface area contributed by atoms with Crippen LogP contribution < -0.4 is 9.77 Å². The van der Waals surface area contributed by atoms with E-state index in [1.807, 2.05) is 12.1 Å². The van der Waals surface area contributed by atoms with Crippen molar-refractivity contribution in [3.63, 3.8) is 0 Å². The highest BCUT2D eigenvalue weighted by atomic mass is 79.9. The van der Waals surface area contributed by atoms with E-state index < -0.39 is 23.1 Å². The number of nitrogens with zero attached hydrogens (tertiary/aromatic N) is 2. The molecule has 5 rings (SSSR count). The Morgan fingerprint density at radius 1 is 1.06 bits per heavy atom. The minimum atomic E-state index is -0.748. The maximum atomic E-state index is 13.8. The number of rotatable bonds is 5. The molecule has 3 heterocycles. The molecular formula is C24H18BrClN2O5S2. The summed E-state index contributed by atoms with van der Waals surface area (Å²) in [4.78, 5) is 54.0. The van der Waals surface area contributed by atoms with Gasteiger partial charge in [-0.3, -0.25) is 23.7 Å². The number of carbonyl (C=O) groups is 3. The number of benzene rings is 2. The van der Waals surface area contributed by atoms with Crippen LogP contribution in [0.5, 0.6) is 0 Å². The van der Waals surface area contributed by atoms with Gasteiger partial charge in [-0.25, -0.2) is 4.90 Å². The Balaban J connectivity index is 1.64. The Bertz CT molecular complexity index is 1390. The summed E-state index contributed by atoms with van der Waals surface area (Å²) in [6.07, 6.45) is 0. The monoisotopic (exact) mass is 592 g/mol. The van der Waals surface area contributed by atoms with Gasteiger partial charge in [-0.15, -0.1) is 0 Å². The predicted molar refractivity (Wildman–Crippen MR) is 138 cm³/mol. The molecule has 0 saturated carbocycles. The standard InChI is InChI=1S/C24H18BrClN2O5S2/c1-2-33-16(29)11-27-23-20(35-24(27)32)17(12-3-7-14(26)8-4-12)18-19(34-23)22(31)28(21(18)30)15-9-5-13(25)6-10-15/h3-10,17-19H,2,11H2,1H3/t17-,18?,19?/m1/s1. The Kier molecular flexibility index (Phi) is 6.65. The molecule has 180 valence electrons. The highest BCUT2D eigenvalue weighted by Gasteiger charge is 2.56. The summed E-state index contributed by atoms with van der Waals surface area (Å²) < 4.78 is 7.22. The lowest BCUT2D eigenvalue weighted by atomic mass is 9.83. The number of fused-ring (bicyclic) bond motifs is 2. The number of aromatic nitrogens is 1. The van der Waals surface area contributed by atoms with Crippen LogP contribution in [-0.2, 0) is 25.7 Å². The highest BCUT2D eigenvalue weighted by Crippen LogP contribution is 2.53. The van der Waals surface area contributed by atoms with Gasteiger partial charge in [0, 0.05) is 20.3 Å². The van der Waals surface area contributed by atoms with Gasteiger partial charge in [-0.1, -0.05) is 62.8 Å². The second-order valence-electron chi connectivity index (χ2n) is 8.01. The number of imide groups is 1. The van der Waals surface area contributed by atoms with Gasteiger partial charge in [-0.2, -0.15) is 0 Å². The van der Waals surface area contributed by atoms with E-state index in [9.17, 15) is 19.2 Å². The second kappa shape index (κ2) is 9.57. The minimum absolute atomic E-state index is 0.195. The molecule has 2 aromatic carbocycles. The molecule has 11 heteroatoms. The quantitative estimate of drug-likeness (QED) is 0.315. The molecule has 7 nitrogen and oxygen atoms in total. The normalized spacial score (nSPS) is 21.1. The third-order valence-corrected chi connectivity index (χ3v) is 9.34. The van der Waals surface area contributed by atoms with Crippen LogP contribution in [0.2, 0.25) is 5.02 Å². The van der Waals surface area contributed by atoms with E-state index in [1.54, 1.807) is 43.3 Å². The molecule has 1 aromatic heterocycles. The zero-order valence-electron chi connectivity index (χ0n) is 18.3. The second-order valence-corrected chi connectivity index (χ2v) is 11.5. The van der Waals surface area contributed by atoms with Crippen LogP contribution in [0.25, 0.3) is 0 Å². The van der Waals surface area contributed by atoms with E-state index in [-0.39, 0.29) is 29.8 Å². The zero-order valence-corrected chi connectivity index (χ0v) is 22.2. The van der Waals surface area contributed by atoms with Crippen LogP contribution >= 0.6 is 50.6 Å². The number of carbonyl (C=O) groups excluding carboxylic acids is 3. The molecule has 1 saturated heterocycles. The summed E-state index contributed by atoms with van der Waals surface area (Å²) >= 11 is 11.6. The summed E-state index contributed by atoms with van der Waals surface area (Å²) in [6.45, 7) is 1.63. The van der Waals surface area contributed by atoms with E-state index >= 15 is 0 Å². The SMILES string of the molecule is CCOC(=O)Cn1c2c(sc1=O)[C@H](c1ccc(Cl)cc1)C1C(=O)N(c3ccc(Br)cc3)C(=O)C1S2. The van der Waals surface area contributed by atoms with Crippen LogP contribution in [0.4, 0.5) is 5.69 Å². The lowest BCUT2D eigenvalue weighted by Gasteiger charge is -2.30. The number of hydrogen-bond donors (Lipinski definition) is 0. The summed E-state index contributed by atoms with van der Waals surface area (Å²) in [6, 6.07) is 14.0. The number of esters is 1. The van der Waals surface area contributed by atoms with Gasteiger partial charge in [0.1, 0.15) is 11.8 Å². The molecule has 0 N–H and O–H groups in total. The Hall–Kier alpha value is -2.40. The topological polar surface area (TPSA) is 85.7 Å². The molecule has 2 unspecified atom stereocenters. The number of halogens is 2. The third-order valence-electron chi connectivity index (χ3n) is 5.96. The van der Waals surface area contributed by atoms with Gasteiger partial charge in [0.25, 0.3) is 0 Å². The zero-order chi connectivity index (χ0) is 24.9. The van der Waals surface area contributed by atoms with Crippen LogP contribution in [0.3, 0.4) is 0 Å². The summed E-state index contributed by atoms with van der Waals surface area (Å²) in [5, 5.41) is 0.309. The number of anilines is 1. The Morgan fingerprint density at radius 2 is 1.74 bits per heavy atom. The Labute approximate surface area is 222 Å². The van der Waals surface area contributed by atoms with Gasteiger partial charge < -0.3 is 4.74 Å². The van der Waals surface area contributed by atoms with Gasteiger partial charge in [0.2, 0.25) is 11.8 Å². The fourth-order valence-electron chi connectivity index (χ4n) is 4.46. The van der Waals surface area contributed by atoms with Crippen molar-refractivity contribution >= 4 is 74.1 Å². The maximum absolute atomic E-state index is 13.8. The molecule has 35 heavy (non-hydrogen) atoms. The molecule has 0 aliphatic carbocycles. The van der Waals surface area contributed by atoms with Crippen LogP contribution in [0.15, 0.2) is 62.8 Å². The van der Waals surface area contributed by atoms with E-state index in [1.165, 1.54) is 21.2 Å². The van der Waals surface area contributed by atoms with Gasteiger partial charge in [-0.05, 0) is 48.9 Å². The number of ether oxygens (including phenoxy) is 1. The first kappa shape index (κ1) is 24.3. The van der Waals surface area contributed by atoms with Gasteiger partial charge >= 0.3 is 10.8 Å². The average molecular weight is 594 g/mol. The summed E-state index contributed by atoms with van der Waals surface area (Å²) in [5.41, 5.74) is 1.26. The van der Waals surface area contributed by atoms with E-state index in [0.717, 1.165) is 21.4 Å². The molecule has 1 fully saturated rings. The van der Waals surface area contributed by atoms with Crippen LogP contribution in [-0.4, -0.2) is 34.2 Å². The van der Waals surface area contributed by atoms with Crippen molar-refractivity contribution in [2.45, 2.75) is 29.7 Å². The van der Waals surface area contributed by atoms with Crippen LogP contribution in [0.1, 0.15) is 23.3 Å². The molecule has 2 amide bonds. The van der Waals surface area contributed by atoms with Crippen molar-refractivity contribution in [2.75, 3.05) is 11.5 Å². The van der Waals surface area contributed by atoms with Crippen molar-refractivity contribution in [3.05, 3.63) is 78.1 Å². The number of thioether (sulfide) groups is 1. The molecule has 3 aromatic rings. The largest absolute Gasteiger partial charge is 0.465 e. The summed E-state index contributed by atoms with van der Waals surface area (Å²) in [5.74, 6) is -2.45. The lowest BCUT2D eigenvalue weighted by molar-refractivity contribution is -0.144. The number of thiazole rings is 1. The maximum Gasteiger partial charge on any atom is 0.326 e. The van der Waals surface area contributed by atoms with E-state index in [2.05, 4.69) is 15.9 Å². The molecule has 2 aliphatic heterocycles. The van der Waals surface area contributed by atoms with Crippen molar-refractivity contribution in [3.8, 4) is 0 Å². The van der Waals surface area contributed by atoms with Crippen LogP contribution in [0, 0.1) is 5.92 Å².